The van der Waals surface area contributed by atoms with E-state index >= 15 is 0 Å². The highest BCUT2D eigenvalue weighted by atomic mass is 35.5. The molecule has 0 saturated heterocycles. The molecule has 1 heterocycles. The number of benzene rings is 2. The number of hydrogen-bond acceptors (Lipinski definition) is 4. The van der Waals surface area contributed by atoms with Crippen molar-refractivity contribution in [3.05, 3.63) is 52.5 Å². The summed E-state index contributed by atoms with van der Waals surface area (Å²) in [4.78, 5) is 12.0. The molecule has 0 unspecified atom stereocenters. The Balaban J connectivity index is 1.38. The summed E-state index contributed by atoms with van der Waals surface area (Å²) >= 11 is 5.92. The molecule has 5 nitrogen and oxygen atoms in total. The van der Waals surface area contributed by atoms with E-state index in [1.54, 1.807) is 6.07 Å². The van der Waals surface area contributed by atoms with Crippen molar-refractivity contribution in [3.63, 3.8) is 0 Å². The minimum Gasteiger partial charge on any atom is -0.493 e. The molecule has 0 radical (unpaired) electrons. The van der Waals surface area contributed by atoms with Crippen molar-refractivity contribution in [3.8, 4) is 17.2 Å². The smallest absolute Gasteiger partial charge is 0.220 e. The van der Waals surface area contributed by atoms with Crippen LogP contribution in [-0.4, -0.2) is 25.7 Å². The Morgan fingerprint density at radius 2 is 1.96 bits per heavy atom. The van der Waals surface area contributed by atoms with E-state index in [9.17, 15) is 4.79 Å². The average molecular weight is 376 g/mol. The van der Waals surface area contributed by atoms with Crippen molar-refractivity contribution in [1.29, 1.82) is 0 Å². The molecular weight excluding hydrogens is 354 g/mol. The lowest BCUT2D eigenvalue weighted by Crippen LogP contribution is -2.23. The molecule has 1 aliphatic heterocycles. The van der Waals surface area contributed by atoms with Gasteiger partial charge in [0.05, 0.1) is 6.61 Å². The number of amides is 1. The number of hydrogen-bond donors (Lipinski definition) is 1. The Hall–Kier alpha value is -2.40. The van der Waals surface area contributed by atoms with Crippen LogP contribution in [0.1, 0.15) is 24.0 Å². The lowest BCUT2D eigenvalue weighted by molar-refractivity contribution is -0.121. The molecule has 1 N–H and O–H groups in total. The first-order valence-electron chi connectivity index (χ1n) is 8.66. The predicted molar refractivity (Wildman–Crippen MR) is 100 cm³/mol. The summed E-state index contributed by atoms with van der Waals surface area (Å²) in [5, 5.41) is 3.60. The van der Waals surface area contributed by atoms with Gasteiger partial charge in [-0.05, 0) is 54.8 Å². The largest absolute Gasteiger partial charge is 0.493 e. The van der Waals surface area contributed by atoms with Crippen LogP contribution in [0.4, 0.5) is 0 Å². The van der Waals surface area contributed by atoms with E-state index in [2.05, 4.69) is 5.32 Å². The highest BCUT2D eigenvalue weighted by Gasteiger charge is 2.12. The molecule has 0 spiro atoms. The summed E-state index contributed by atoms with van der Waals surface area (Å²) in [5.74, 6) is 2.28. The van der Waals surface area contributed by atoms with Gasteiger partial charge in [-0.3, -0.25) is 4.79 Å². The maximum Gasteiger partial charge on any atom is 0.220 e. The van der Waals surface area contributed by atoms with Crippen molar-refractivity contribution in [2.75, 3.05) is 19.8 Å². The molecule has 2 aromatic rings. The van der Waals surface area contributed by atoms with Crippen molar-refractivity contribution < 1.29 is 19.0 Å². The van der Waals surface area contributed by atoms with Crippen molar-refractivity contribution in [2.24, 2.45) is 0 Å². The number of fused-ring (bicyclic) bond motifs is 1. The highest BCUT2D eigenvalue weighted by molar-refractivity contribution is 6.30. The Morgan fingerprint density at radius 1 is 1.15 bits per heavy atom. The number of aryl methyl sites for hydroxylation is 1. The molecule has 1 aliphatic rings. The van der Waals surface area contributed by atoms with Crippen molar-refractivity contribution in [1.82, 2.24) is 5.32 Å². The first kappa shape index (κ1) is 18.4. The van der Waals surface area contributed by atoms with E-state index in [1.165, 1.54) is 0 Å². The van der Waals surface area contributed by atoms with Gasteiger partial charge in [0.1, 0.15) is 19.0 Å². The molecule has 6 heteroatoms. The van der Waals surface area contributed by atoms with Gasteiger partial charge in [0.2, 0.25) is 5.91 Å². The Labute approximate surface area is 158 Å². The zero-order chi connectivity index (χ0) is 18.4. The quantitative estimate of drug-likeness (QED) is 0.746. The van der Waals surface area contributed by atoms with Gasteiger partial charge in [0.25, 0.3) is 0 Å². The molecule has 0 aliphatic carbocycles. The topological polar surface area (TPSA) is 56.8 Å². The van der Waals surface area contributed by atoms with Gasteiger partial charge < -0.3 is 19.5 Å². The standard InChI is InChI=1S/C20H22ClNO4/c1-14-11-16(21)5-7-17(14)24-8-2-3-20(23)22-13-15-4-6-18-19(12-15)26-10-9-25-18/h4-7,11-12H,2-3,8-10,13H2,1H3,(H,22,23). The first-order chi connectivity index (χ1) is 12.6. The molecule has 2 aromatic carbocycles. The third-order valence-electron chi connectivity index (χ3n) is 4.04. The number of ether oxygens (including phenoxy) is 3. The molecular formula is C20H22ClNO4. The summed E-state index contributed by atoms with van der Waals surface area (Å²) in [7, 11) is 0. The van der Waals surface area contributed by atoms with Gasteiger partial charge in [-0.1, -0.05) is 17.7 Å². The number of carbonyl (C=O) groups is 1. The van der Waals surface area contributed by atoms with Gasteiger partial charge in [0.15, 0.2) is 11.5 Å². The van der Waals surface area contributed by atoms with Gasteiger partial charge in [0, 0.05) is 18.0 Å². The molecule has 138 valence electrons. The van der Waals surface area contributed by atoms with Crippen LogP contribution in [0.15, 0.2) is 36.4 Å². The van der Waals surface area contributed by atoms with Crippen molar-refractivity contribution in [2.45, 2.75) is 26.3 Å². The van der Waals surface area contributed by atoms with Crippen LogP contribution in [-0.2, 0) is 11.3 Å². The normalized spacial score (nSPS) is 12.5. The maximum atomic E-state index is 12.0. The molecule has 1 amide bonds. The fourth-order valence-electron chi connectivity index (χ4n) is 2.68. The number of rotatable bonds is 7. The summed E-state index contributed by atoms with van der Waals surface area (Å²) in [6.45, 7) is 4.02. The molecule has 0 aromatic heterocycles. The second-order valence-electron chi connectivity index (χ2n) is 6.12. The molecule has 3 rings (SSSR count). The third-order valence-corrected chi connectivity index (χ3v) is 4.27. The summed E-state index contributed by atoms with van der Waals surface area (Å²) in [5.41, 5.74) is 1.97. The van der Waals surface area contributed by atoms with E-state index in [-0.39, 0.29) is 5.91 Å². The minimum absolute atomic E-state index is 0.00341. The zero-order valence-electron chi connectivity index (χ0n) is 14.7. The Bertz CT molecular complexity index is 778. The predicted octanol–water partition coefficient (Wildman–Crippen LogP) is 3.90. The Morgan fingerprint density at radius 3 is 2.77 bits per heavy atom. The van der Waals surface area contributed by atoms with E-state index < -0.39 is 0 Å². The second-order valence-corrected chi connectivity index (χ2v) is 6.55. The minimum atomic E-state index is -0.00341. The lowest BCUT2D eigenvalue weighted by Gasteiger charge is -2.19. The fourth-order valence-corrected chi connectivity index (χ4v) is 2.90. The van der Waals surface area contributed by atoms with Crippen LogP contribution >= 0.6 is 11.6 Å². The van der Waals surface area contributed by atoms with Crippen LogP contribution < -0.4 is 19.5 Å². The van der Waals surface area contributed by atoms with Gasteiger partial charge in [-0.25, -0.2) is 0 Å². The lowest BCUT2D eigenvalue weighted by atomic mass is 10.2. The molecule has 0 atom stereocenters. The molecule has 0 fully saturated rings. The van der Waals surface area contributed by atoms with Crippen molar-refractivity contribution >= 4 is 17.5 Å². The molecule has 26 heavy (non-hydrogen) atoms. The van der Waals surface area contributed by atoms with E-state index in [1.807, 2.05) is 37.3 Å². The third kappa shape index (κ3) is 5.05. The number of carbonyl (C=O) groups excluding carboxylic acids is 1. The number of halogens is 1. The Kier molecular flexibility index (Phi) is 6.23. The summed E-state index contributed by atoms with van der Waals surface area (Å²) < 4.78 is 16.7. The van der Waals surface area contributed by atoms with E-state index in [0.717, 1.165) is 28.4 Å². The van der Waals surface area contributed by atoms with Crippen LogP contribution in [0.25, 0.3) is 0 Å². The highest BCUT2D eigenvalue weighted by Crippen LogP contribution is 2.30. The van der Waals surface area contributed by atoms with Crippen LogP contribution in [0.3, 0.4) is 0 Å². The summed E-state index contributed by atoms with van der Waals surface area (Å²) in [6, 6.07) is 11.2. The zero-order valence-corrected chi connectivity index (χ0v) is 15.5. The summed E-state index contributed by atoms with van der Waals surface area (Å²) in [6.07, 6.45) is 1.06. The fraction of sp³-hybridized carbons (Fsp3) is 0.350. The number of nitrogens with one attached hydrogen (secondary N) is 1. The maximum absolute atomic E-state index is 12.0. The second kappa shape index (κ2) is 8.81. The van der Waals surface area contributed by atoms with E-state index in [4.69, 9.17) is 25.8 Å². The van der Waals surface area contributed by atoms with Crippen LogP contribution in [0.2, 0.25) is 5.02 Å². The van der Waals surface area contributed by atoms with Gasteiger partial charge >= 0.3 is 0 Å². The molecule has 0 saturated carbocycles. The van der Waals surface area contributed by atoms with E-state index in [0.29, 0.717) is 44.2 Å². The first-order valence-corrected chi connectivity index (χ1v) is 9.04. The van der Waals surface area contributed by atoms with Gasteiger partial charge in [-0.15, -0.1) is 0 Å². The SMILES string of the molecule is Cc1cc(Cl)ccc1OCCCC(=O)NCc1ccc2c(c1)OCCO2. The monoisotopic (exact) mass is 375 g/mol. The van der Waals surface area contributed by atoms with Gasteiger partial charge in [-0.2, -0.15) is 0 Å². The average Bonchev–Trinajstić information content (AvgIpc) is 2.65. The van der Waals surface area contributed by atoms with Crippen LogP contribution in [0, 0.1) is 6.92 Å². The molecule has 0 bridgehead atoms. The van der Waals surface area contributed by atoms with Crippen LogP contribution in [0.5, 0.6) is 17.2 Å².